The summed E-state index contributed by atoms with van der Waals surface area (Å²) in [4.78, 5) is 0. The van der Waals surface area contributed by atoms with Crippen LogP contribution in [0, 0.1) is 215 Å². The van der Waals surface area contributed by atoms with Crippen LogP contribution in [0.15, 0.2) is 46.1 Å². The summed E-state index contributed by atoms with van der Waals surface area (Å²) in [6, 6.07) is 0. The van der Waals surface area contributed by atoms with Crippen LogP contribution in [0.3, 0.4) is 0 Å². The van der Waals surface area contributed by atoms with E-state index < -0.39 is 0 Å². The van der Waals surface area contributed by atoms with Crippen LogP contribution in [0.2, 0.25) is 0 Å². The predicted molar refractivity (Wildman–Crippen MR) is 504 cm³/mol. The summed E-state index contributed by atoms with van der Waals surface area (Å²) in [6.07, 6.45) is 14.5. The van der Waals surface area contributed by atoms with Crippen LogP contribution < -0.4 is 0 Å². The van der Waals surface area contributed by atoms with Gasteiger partial charge in [0.15, 0.2) is 0 Å². The highest BCUT2D eigenvalue weighted by atomic mass is 14.6. The van der Waals surface area contributed by atoms with Crippen molar-refractivity contribution in [3.63, 3.8) is 0 Å². The molecule has 0 saturated carbocycles. The van der Waals surface area contributed by atoms with Crippen LogP contribution >= 0.6 is 0 Å². The van der Waals surface area contributed by atoms with E-state index in [-0.39, 0.29) is 37.9 Å². The Bertz CT molecular complexity index is 2250. The van der Waals surface area contributed by atoms with Crippen molar-refractivity contribution in [2.45, 2.75) is 434 Å². The Kier molecular flexibility index (Phi) is 49.7. The van der Waals surface area contributed by atoms with Crippen molar-refractivity contribution in [2.24, 2.45) is 215 Å². The Morgan fingerprint density at radius 3 is 0.491 bits per heavy atom. The maximum atomic E-state index is 2.91. The Hall–Kier alpha value is -1.04. The molecule has 0 bridgehead atoms. The van der Waals surface area contributed by atoms with Crippen LogP contribution in [-0.2, 0) is 0 Å². The maximum absolute atomic E-state index is 2.91. The van der Waals surface area contributed by atoms with Gasteiger partial charge in [0.05, 0.1) is 0 Å². The Morgan fingerprint density at radius 1 is 0.167 bits per heavy atom. The van der Waals surface area contributed by atoms with Gasteiger partial charge in [-0.1, -0.05) is 448 Å². The van der Waals surface area contributed by atoms with Gasteiger partial charge in [0.2, 0.25) is 0 Å². The SMILES string of the molecule is CC(C)C(C=C(C(C(C)C)(C(C)C)C(C)C)C(C(C)C)(C(C)C)C(C)C)(C(C)C)C(C)C.CC(C)C/C(=C(/CC(C)C)C(C(C)C)(C(C)C)C(C)C)C(C(C)C)(C(C)C)C(C)C.CC(C)CC(=CC(C(C)C)(C(C)C)C(C)C)C(C(C)C)(C(C)C)C(C)C.CC(C)CC=C(CC(C)C)C(C(C)C)(C(C)C)C(C)C. The smallest absolute Gasteiger partial charge is 0.00131 e. The lowest BCUT2D eigenvalue weighted by Gasteiger charge is -2.60. The minimum Gasteiger partial charge on any atom is -0.0845 e. The highest BCUT2D eigenvalue weighted by Crippen LogP contribution is 2.65. The standard InChI is InChI=1S/C32H64.C30H60.C26H52.C20H40/c1-20(2)30(21(3)4,22(5)6)19-29(31(23(7)8,24(9)10)25(11)12)32(26(13)14,27(15)16)28(17)18;1-19(2)17-27(29(21(5)6,22(7)8)23(9)10)28(18-20(3)4)30(24(11)12,25(13)14)26(15)16;1-17(2)15-24(26(21(9)10,22(11)12)23(13)14)16-25(18(3)4,19(5)6)20(7)8;1-14(2)11-12-19(13-15(3)4)20(16(5)6,17(7)8)18(9)10/h19-28H,1-18H3;19-26H,17-18H2,1-16H3;16-23H,15H2,1-14H3;12,14-18H,11,13H2,1-10H3/b;28-27+;;. The molecule has 0 fully saturated rings. The van der Waals surface area contributed by atoms with Crippen molar-refractivity contribution in [2.75, 3.05) is 0 Å². The number of hydrogen-bond donors (Lipinski definition) is 0. The molecular weight excluding hydrogens is 1300 g/mol. The molecule has 0 aliphatic heterocycles. The number of hydrogen-bond acceptors (Lipinski definition) is 0. The van der Waals surface area contributed by atoms with E-state index in [0.717, 1.165) is 11.8 Å². The van der Waals surface area contributed by atoms with Gasteiger partial charge in [-0.15, -0.1) is 0 Å². The second kappa shape index (κ2) is 47.4. The average Bonchev–Trinajstić information content (AvgIpc) is 0.690. The largest absolute Gasteiger partial charge is 0.0845 e. The highest BCUT2D eigenvalue weighted by molar-refractivity contribution is 5.35. The van der Waals surface area contributed by atoms with Gasteiger partial charge >= 0.3 is 0 Å². The summed E-state index contributed by atoms with van der Waals surface area (Å²) in [5, 5.41) is 0. The summed E-state index contributed by atoms with van der Waals surface area (Å²) in [5.41, 5.74) is 10.8. The average molecular weight is 1510 g/mol. The molecule has 0 unspecified atom stereocenters. The monoisotopic (exact) mass is 1510 g/mol. The third-order valence-electron chi connectivity index (χ3n) is 30.8. The molecule has 108 heavy (non-hydrogen) atoms. The van der Waals surface area contributed by atoms with Crippen LogP contribution in [0.5, 0.6) is 0 Å². The molecule has 0 atom stereocenters. The minimum absolute atomic E-state index is 0.169. The lowest BCUT2D eigenvalue weighted by Crippen LogP contribution is -2.53. The molecule has 0 radical (unpaired) electrons. The van der Waals surface area contributed by atoms with Crippen LogP contribution in [0.4, 0.5) is 0 Å². The van der Waals surface area contributed by atoms with Crippen molar-refractivity contribution >= 4 is 0 Å². The van der Waals surface area contributed by atoms with Gasteiger partial charge in [-0.25, -0.2) is 0 Å². The van der Waals surface area contributed by atoms with Crippen molar-refractivity contribution in [3.05, 3.63) is 46.1 Å². The molecule has 0 aliphatic rings. The normalized spacial score (nSPS) is 14.8. The lowest BCUT2D eigenvalue weighted by molar-refractivity contribution is -0.00539. The summed E-state index contributed by atoms with van der Waals surface area (Å²) in [5.74, 6) is 18.7. The van der Waals surface area contributed by atoms with Crippen molar-refractivity contribution < 1.29 is 0 Å². The zero-order chi connectivity index (χ0) is 87.3. The third-order valence-corrected chi connectivity index (χ3v) is 30.8. The fraction of sp³-hybridized carbons (Fsp3) is 0.926. The Morgan fingerprint density at radius 2 is 0.333 bits per heavy atom. The van der Waals surface area contributed by atoms with E-state index in [4.69, 9.17) is 0 Å². The molecule has 0 N–H and O–H groups in total. The molecule has 0 aromatic heterocycles. The molecule has 648 valence electrons. The van der Waals surface area contributed by atoms with E-state index in [1.165, 1.54) is 32.1 Å². The van der Waals surface area contributed by atoms with Gasteiger partial charge in [0.25, 0.3) is 0 Å². The maximum Gasteiger partial charge on any atom is -0.00131 e. The zero-order valence-electron chi connectivity index (χ0n) is 86.5. The highest BCUT2D eigenvalue weighted by Gasteiger charge is 2.58. The molecule has 0 aromatic carbocycles. The first-order valence-electron chi connectivity index (χ1n) is 47.5. The lowest BCUT2D eigenvalue weighted by atomic mass is 9.44. The molecule has 0 nitrogen and oxygen atoms in total. The number of rotatable bonds is 42. The van der Waals surface area contributed by atoms with Gasteiger partial charge in [-0.3, -0.25) is 0 Å². The third kappa shape index (κ3) is 24.8. The molecule has 0 saturated heterocycles. The van der Waals surface area contributed by atoms with Gasteiger partial charge < -0.3 is 0 Å². The van der Waals surface area contributed by atoms with Gasteiger partial charge in [0, 0.05) is 0 Å². The van der Waals surface area contributed by atoms with Gasteiger partial charge in [0.1, 0.15) is 0 Å². The van der Waals surface area contributed by atoms with Crippen LogP contribution in [0.1, 0.15) is 434 Å². The molecule has 0 heterocycles. The topological polar surface area (TPSA) is 0 Å². The van der Waals surface area contributed by atoms with E-state index >= 15 is 0 Å². The van der Waals surface area contributed by atoms with E-state index in [1.807, 2.05) is 11.1 Å². The number of allylic oxidation sites excluding steroid dienone is 8. The van der Waals surface area contributed by atoms with Gasteiger partial charge in [-0.2, -0.15) is 0 Å². The fourth-order valence-corrected chi connectivity index (χ4v) is 28.4. The van der Waals surface area contributed by atoms with E-state index in [9.17, 15) is 0 Å². The molecule has 0 aromatic rings. The van der Waals surface area contributed by atoms with Crippen molar-refractivity contribution in [1.82, 2.24) is 0 Å². The summed E-state index contributed by atoms with van der Waals surface area (Å²) in [6.45, 7) is 143. The first-order chi connectivity index (χ1) is 48.6. The summed E-state index contributed by atoms with van der Waals surface area (Å²) >= 11 is 0. The molecule has 0 spiro atoms. The zero-order valence-corrected chi connectivity index (χ0v) is 86.5. The molecule has 0 aliphatic carbocycles. The minimum atomic E-state index is 0.169. The first kappa shape index (κ1) is 113. The molecule has 0 rings (SSSR count). The molecular formula is C108H216. The van der Waals surface area contributed by atoms with Crippen LogP contribution in [0.25, 0.3) is 0 Å². The van der Waals surface area contributed by atoms with E-state index in [1.54, 1.807) is 16.7 Å². The van der Waals surface area contributed by atoms with Crippen molar-refractivity contribution in [1.29, 1.82) is 0 Å². The van der Waals surface area contributed by atoms with Crippen molar-refractivity contribution in [3.8, 4) is 0 Å². The quantitative estimate of drug-likeness (QED) is 0.0535. The molecule has 0 amide bonds. The fourth-order valence-electron chi connectivity index (χ4n) is 28.4. The van der Waals surface area contributed by atoms with Crippen LogP contribution in [-0.4, -0.2) is 0 Å². The summed E-state index contributed by atoms with van der Waals surface area (Å²) in [7, 11) is 0. The predicted octanol–water partition coefficient (Wildman–Crippen LogP) is 36.9. The second-order valence-corrected chi connectivity index (χ2v) is 46.2. The van der Waals surface area contributed by atoms with E-state index in [0.29, 0.717) is 165 Å². The second-order valence-electron chi connectivity index (χ2n) is 46.2. The summed E-state index contributed by atoms with van der Waals surface area (Å²) < 4.78 is 0. The first-order valence-corrected chi connectivity index (χ1v) is 47.5. The van der Waals surface area contributed by atoms with E-state index in [2.05, 4.69) is 420 Å². The Labute approximate surface area is 690 Å². The van der Waals surface area contributed by atoms with Gasteiger partial charge in [-0.05, 0) is 247 Å². The Balaban J connectivity index is -0.000000676. The molecule has 0 heteroatoms.